The maximum atomic E-state index is 5.35. The molecule has 1 aliphatic rings. The molecule has 0 saturated heterocycles. The van der Waals surface area contributed by atoms with Gasteiger partial charge in [0.2, 0.25) is 0 Å². The lowest BCUT2D eigenvalue weighted by molar-refractivity contribution is 0.413. The van der Waals surface area contributed by atoms with Gasteiger partial charge in [-0.15, -0.1) is 0 Å². The Bertz CT molecular complexity index is 324. The molecule has 0 saturated carbocycles. The zero-order valence-electron chi connectivity index (χ0n) is 8.87. The van der Waals surface area contributed by atoms with Gasteiger partial charge in [0.25, 0.3) is 0 Å². The van der Waals surface area contributed by atoms with Crippen LogP contribution in [0.5, 0.6) is 5.75 Å². The summed E-state index contributed by atoms with van der Waals surface area (Å²) >= 11 is 0. The number of ether oxygens (including phenoxy) is 1. The number of methoxy groups -OCH3 is 1. The van der Waals surface area contributed by atoms with Crippen LogP contribution >= 0.6 is 0 Å². The number of hydrogen-bond donors (Lipinski definition) is 1. The minimum Gasteiger partial charge on any atom is -0.495 e. The summed E-state index contributed by atoms with van der Waals surface area (Å²) in [6, 6.07) is 6.59. The van der Waals surface area contributed by atoms with Crippen molar-refractivity contribution in [3.8, 4) is 5.75 Å². The fraction of sp³-hybridized carbons (Fsp3) is 0.455. The van der Waals surface area contributed by atoms with E-state index in [1.54, 1.807) is 7.11 Å². The second-order valence-electron chi connectivity index (χ2n) is 3.70. The van der Waals surface area contributed by atoms with Crippen molar-refractivity contribution in [2.24, 2.45) is 0 Å². The Morgan fingerprint density at radius 2 is 2.29 bits per heavy atom. The summed E-state index contributed by atoms with van der Waals surface area (Å²) < 4.78 is 5.35. The fourth-order valence-corrected chi connectivity index (χ4v) is 1.81. The molecule has 3 nitrogen and oxygen atoms in total. The molecule has 1 aliphatic heterocycles. The normalized spacial score (nSPS) is 19.9. The number of nitrogens with one attached hydrogen (secondary N) is 1. The second kappa shape index (κ2) is 3.40. The third-order valence-corrected chi connectivity index (χ3v) is 2.82. The molecule has 76 valence electrons. The molecule has 1 unspecified atom stereocenters. The molecule has 1 heterocycles. The minimum absolute atomic E-state index is 0.499. The van der Waals surface area contributed by atoms with Gasteiger partial charge in [-0.25, -0.2) is 0 Å². The fourth-order valence-electron chi connectivity index (χ4n) is 1.81. The maximum absolute atomic E-state index is 5.35. The van der Waals surface area contributed by atoms with Crippen molar-refractivity contribution in [3.63, 3.8) is 0 Å². The number of likely N-dealkylation sites (N-methyl/N-ethyl adjacent to an activating group) is 1. The Balaban J connectivity index is 2.49. The molecule has 1 aromatic rings. The molecule has 0 radical (unpaired) electrons. The van der Waals surface area contributed by atoms with Crippen molar-refractivity contribution < 1.29 is 4.74 Å². The van der Waals surface area contributed by atoms with Gasteiger partial charge < -0.3 is 15.0 Å². The molecular formula is C11H16N2O. The number of fused-ring (bicyclic) bond motifs is 1. The van der Waals surface area contributed by atoms with Crippen molar-refractivity contribution in [2.75, 3.05) is 30.9 Å². The lowest BCUT2D eigenvalue weighted by Gasteiger charge is -2.35. The van der Waals surface area contributed by atoms with Crippen LogP contribution in [0.1, 0.15) is 6.92 Å². The van der Waals surface area contributed by atoms with Crippen molar-refractivity contribution in [1.82, 2.24) is 0 Å². The van der Waals surface area contributed by atoms with E-state index in [9.17, 15) is 0 Å². The average molecular weight is 192 g/mol. The van der Waals surface area contributed by atoms with Crippen LogP contribution in [0.2, 0.25) is 0 Å². The largest absolute Gasteiger partial charge is 0.495 e. The molecule has 14 heavy (non-hydrogen) atoms. The quantitative estimate of drug-likeness (QED) is 0.736. The lowest BCUT2D eigenvalue weighted by atomic mass is 10.1. The highest BCUT2D eigenvalue weighted by Crippen LogP contribution is 2.38. The SMILES string of the molecule is COc1cccc2c1N(C)C(C)CN2. The first-order valence-electron chi connectivity index (χ1n) is 4.87. The van der Waals surface area contributed by atoms with Gasteiger partial charge in [-0.05, 0) is 19.1 Å². The zero-order valence-corrected chi connectivity index (χ0v) is 8.87. The number of nitrogens with zero attached hydrogens (tertiary/aromatic N) is 1. The van der Waals surface area contributed by atoms with Gasteiger partial charge in [-0.3, -0.25) is 0 Å². The van der Waals surface area contributed by atoms with Crippen molar-refractivity contribution in [2.45, 2.75) is 13.0 Å². The first-order chi connectivity index (χ1) is 6.74. The van der Waals surface area contributed by atoms with Crippen LogP contribution in [0, 0.1) is 0 Å². The van der Waals surface area contributed by atoms with Gasteiger partial charge in [0.05, 0.1) is 12.8 Å². The molecule has 2 rings (SSSR count). The molecule has 0 fully saturated rings. The number of para-hydroxylation sites is 1. The van der Waals surface area contributed by atoms with Gasteiger partial charge >= 0.3 is 0 Å². The predicted molar refractivity (Wildman–Crippen MR) is 59.3 cm³/mol. The van der Waals surface area contributed by atoms with Gasteiger partial charge in [-0.2, -0.15) is 0 Å². The van der Waals surface area contributed by atoms with Crippen LogP contribution in [-0.4, -0.2) is 26.7 Å². The molecule has 3 heteroatoms. The molecule has 0 aliphatic carbocycles. The highest BCUT2D eigenvalue weighted by Gasteiger charge is 2.22. The average Bonchev–Trinajstić information content (AvgIpc) is 2.23. The Morgan fingerprint density at radius 1 is 1.50 bits per heavy atom. The highest BCUT2D eigenvalue weighted by atomic mass is 16.5. The number of hydrogen-bond acceptors (Lipinski definition) is 3. The Kier molecular flexibility index (Phi) is 2.23. The van der Waals surface area contributed by atoms with E-state index in [-0.39, 0.29) is 0 Å². The molecule has 0 bridgehead atoms. The van der Waals surface area contributed by atoms with Gasteiger partial charge in [0.1, 0.15) is 11.4 Å². The van der Waals surface area contributed by atoms with E-state index in [1.165, 1.54) is 0 Å². The maximum Gasteiger partial charge on any atom is 0.144 e. The minimum atomic E-state index is 0.499. The Morgan fingerprint density at radius 3 is 3.00 bits per heavy atom. The van der Waals surface area contributed by atoms with Crippen LogP contribution in [-0.2, 0) is 0 Å². The van der Waals surface area contributed by atoms with E-state index in [1.807, 2.05) is 12.1 Å². The molecule has 0 aromatic heterocycles. The van der Waals surface area contributed by atoms with Gasteiger partial charge in [-0.1, -0.05) is 6.07 Å². The second-order valence-corrected chi connectivity index (χ2v) is 3.70. The summed E-state index contributed by atoms with van der Waals surface area (Å²) in [5.74, 6) is 0.934. The van der Waals surface area contributed by atoms with E-state index in [0.29, 0.717) is 6.04 Å². The predicted octanol–water partition coefficient (Wildman–Crippen LogP) is 1.95. The van der Waals surface area contributed by atoms with Crippen LogP contribution in [0.4, 0.5) is 11.4 Å². The monoisotopic (exact) mass is 192 g/mol. The molecule has 1 atom stereocenters. The van der Waals surface area contributed by atoms with E-state index in [0.717, 1.165) is 23.7 Å². The highest BCUT2D eigenvalue weighted by molar-refractivity contribution is 5.78. The molecule has 1 N–H and O–H groups in total. The first-order valence-corrected chi connectivity index (χ1v) is 4.87. The van der Waals surface area contributed by atoms with Gasteiger partial charge in [0, 0.05) is 19.6 Å². The summed E-state index contributed by atoms with van der Waals surface area (Å²) in [5.41, 5.74) is 2.32. The lowest BCUT2D eigenvalue weighted by Crippen LogP contribution is -2.39. The van der Waals surface area contributed by atoms with Crippen molar-refractivity contribution >= 4 is 11.4 Å². The Labute approximate surface area is 84.7 Å². The topological polar surface area (TPSA) is 24.5 Å². The molecule has 1 aromatic carbocycles. The van der Waals surface area contributed by atoms with Crippen LogP contribution in [0.25, 0.3) is 0 Å². The smallest absolute Gasteiger partial charge is 0.144 e. The van der Waals surface area contributed by atoms with E-state index in [2.05, 4.69) is 30.3 Å². The van der Waals surface area contributed by atoms with E-state index in [4.69, 9.17) is 4.74 Å². The summed E-state index contributed by atoms with van der Waals surface area (Å²) in [6.07, 6.45) is 0. The van der Waals surface area contributed by atoms with Crippen molar-refractivity contribution in [1.29, 1.82) is 0 Å². The van der Waals surface area contributed by atoms with Crippen LogP contribution in [0.15, 0.2) is 18.2 Å². The molecule has 0 spiro atoms. The van der Waals surface area contributed by atoms with Gasteiger partial charge in [0.15, 0.2) is 0 Å². The number of benzene rings is 1. The number of rotatable bonds is 1. The zero-order chi connectivity index (χ0) is 10.1. The standard InChI is InChI=1S/C11H16N2O/c1-8-7-12-9-5-4-6-10(14-3)11(9)13(8)2/h4-6,8,12H,7H2,1-3H3. The van der Waals surface area contributed by atoms with Crippen LogP contribution < -0.4 is 15.0 Å². The summed E-state index contributed by atoms with van der Waals surface area (Å²) in [5, 5.41) is 3.40. The summed E-state index contributed by atoms with van der Waals surface area (Å²) in [4.78, 5) is 2.25. The van der Waals surface area contributed by atoms with E-state index < -0.39 is 0 Å². The van der Waals surface area contributed by atoms with E-state index >= 15 is 0 Å². The molecular weight excluding hydrogens is 176 g/mol. The van der Waals surface area contributed by atoms with Crippen molar-refractivity contribution in [3.05, 3.63) is 18.2 Å². The third kappa shape index (κ3) is 1.29. The molecule has 0 amide bonds. The van der Waals surface area contributed by atoms with Crippen LogP contribution in [0.3, 0.4) is 0 Å². The Hall–Kier alpha value is -1.38. The third-order valence-electron chi connectivity index (χ3n) is 2.82. The number of anilines is 2. The summed E-state index contributed by atoms with van der Waals surface area (Å²) in [6.45, 7) is 3.18. The summed E-state index contributed by atoms with van der Waals surface area (Å²) in [7, 11) is 3.82. The first kappa shape index (κ1) is 9.19.